The van der Waals surface area contributed by atoms with Gasteiger partial charge in [0.2, 0.25) is 5.91 Å². The summed E-state index contributed by atoms with van der Waals surface area (Å²) < 4.78 is 0. The molecule has 1 rings (SSSR count). The normalized spacial score (nSPS) is 24.9. The van der Waals surface area contributed by atoms with Crippen LogP contribution in [0.25, 0.3) is 0 Å². The first-order valence-corrected chi connectivity index (χ1v) is 5.95. The SMILES string of the molecule is CC[C@H](N)C(=O)NC1CCCN(CC)C1. The minimum Gasteiger partial charge on any atom is -0.351 e. The molecule has 0 aromatic heterocycles. The molecular weight excluding hydrogens is 190 g/mol. The van der Waals surface area contributed by atoms with Gasteiger partial charge in [0.1, 0.15) is 0 Å². The lowest BCUT2D eigenvalue weighted by Crippen LogP contribution is -2.51. The van der Waals surface area contributed by atoms with E-state index in [1.807, 2.05) is 6.92 Å². The van der Waals surface area contributed by atoms with Crippen molar-refractivity contribution in [3.05, 3.63) is 0 Å². The van der Waals surface area contributed by atoms with E-state index >= 15 is 0 Å². The average molecular weight is 213 g/mol. The molecule has 2 atom stereocenters. The maximum atomic E-state index is 11.6. The monoisotopic (exact) mass is 213 g/mol. The first-order chi connectivity index (χ1) is 7.17. The molecule has 0 spiro atoms. The number of amides is 1. The fourth-order valence-corrected chi connectivity index (χ4v) is 1.95. The molecule has 0 aromatic carbocycles. The third-order valence-corrected chi connectivity index (χ3v) is 3.08. The molecule has 4 nitrogen and oxygen atoms in total. The third kappa shape index (κ3) is 3.80. The standard InChI is InChI=1S/C11H23N3O/c1-3-10(12)11(15)13-9-6-5-7-14(4-2)8-9/h9-10H,3-8,12H2,1-2H3,(H,13,15)/t9?,10-/m0/s1. The van der Waals surface area contributed by atoms with Gasteiger partial charge in [-0.25, -0.2) is 0 Å². The number of nitrogens with two attached hydrogens (primary N) is 1. The zero-order valence-electron chi connectivity index (χ0n) is 9.83. The van der Waals surface area contributed by atoms with E-state index in [-0.39, 0.29) is 11.9 Å². The zero-order chi connectivity index (χ0) is 11.3. The van der Waals surface area contributed by atoms with E-state index in [9.17, 15) is 4.79 Å². The van der Waals surface area contributed by atoms with Crippen LogP contribution in [0.2, 0.25) is 0 Å². The van der Waals surface area contributed by atoms with Gasteiger partial charge in [0, 0.05) is 12.6 Å². The number of nitrogens with one attached hydrogen (secondary N) is 1. The van der Waals surface area contributed by atoms with E-state index in [2.05, 4.69) is 17.1 Å². The molecule has 0 bridgehead atoms. The van der Waals surface area contributed by atoms with Crippen molar-refractivity contribution in [3.8, 4) is 0 Å². The molecule has 88 valence electrons. The number of carbonyl (C=O) groups is 1. The van der Waals surface area contributed by atoms with Crippen molar-refractivity contribution in [1.29, 1.82) is 0 Å². The van der Waals surface area contributed by atoms with Crippen molar-refractivity contribution in [1.82, 2.24) is 10.2 Å². The summed E-state index contributed by atoms with van der Waals surface area (Å²) in [7, 11) is 0. The quantitative estimate of drug-likeness (QED) is 0.707. The number of hydrogen-bond acceptors (Lipinski definition) is 3. The summed E-state index contributed by atoms with van der Waals surface area (Å²) in [4.78, 5) is 13.9. The first-order valence-electron chi connectivity index (χ1n) is 5.95. The summed E-state index contributed by atoms with van der Waals surface area (Å²) in [5.74, 6) is 0.000420. The van der Waals surface area contributed by atoms with Crippen molar-refractivity contribution in [2.45, 2.75) is 45.2 Å². The molecule has 4 heteroatoms. The van der Waals surface area contributed by atoms with E-state index in [1.54, 1.807) is 0 Å². The van der Waals surface area contributed by atoms with Gasteiger partial charge in [0.15, 0.2) is 0 Å². The van der Waals surface area contributed by atoms with Crippen molar-refractivity contribution >= 4 is 5.91 Å². The summed E-state index contributed by atoms with van der Waals surface area (Å²) in [5.41, 5.74) is 5.68. The molecule has 1 unspecified atom stereocenters. The summed E-state index contributed by atoms with van der Waals surface area (Å²) in [6, 6.07) is -0.0502. The van der Waals surface area contributed by atoms with Crippen LogP contribution in [0, 0.1) is 0 Å². The van der Waals surface area contributed by atoms with Crippen LogP contribution in [-0.2, 0) is 4.79 Å². The van der Waals surface area contributed by atoms with Crippen LogP contribution in [0.15, 0.2) is 0 Å². The zero-order valence-corrected chi connectivity index (χ0v) is 9.83. The molecule has 1 amide bonds. The molecule has 3 N–H and O–H groups in total. The number of hydrogen-bond donors (Lipinski definition) is 2. The van der Waals surface area contributed by atoms with Gasteiger partial charge in [0.25, 0.3) is 0 Å². The van der Waals surface area contributed by atoms with Gasteiger partial charge in [-0.2, -0.15) is 0 Å². The van der Waals surface area contributed by atoms with Gasteiger partial charge >= 0.3 is 0 Å². The Bertz CT molecular complexity index is 208. The molecule has 15 heavy (non-hydrogen) atoms. The van der Waals surface area contributed by atoms with Crippen molar-refractivity contribution in [2.24, 2.45) is 5.73 Å². The maximum Gasteiger partial charge on any atom is 0.237 e. The molecular formula is C11H23N3O. The highest BCUT2D eigenvalue weighted by atomic mass is 16.2. The Morgan fingerprint density at radius 1 is 1.60 bits per heavy atom. The lowest BCUT2D eigenvalue weighted by atomic mass is 10.1. The van der Waals surface area contributed by atoms with Crippen LogP contribution >= 0.6 is 0 Å². The fourth-order valence-electron chi connectivity index (χ4n) is 1.95. The second-order valence-corrected chi connectivity index (χ2v) is 4.26. The van der Waals surface area contributed by atoms with E-state index in [0.717, 1.165) is 26.1 Å². The van der Waals surface area contributed by atoms with E-state index in [4.69, 9.17) is 5.73 Å². The minimum absolute atomic E-state index is 0.000420. The Labute approximate surface area is 92.2 Å². The van der Waals surface area contributed by atoms with E-state index in [1.165, 1.54) is 6.42 Å². The Morgan fingerprint density at radius 3 is 2.93 bits per heavy atom. The maximum absolute atomic E-state index is 11.6. The van der Waals surface area contributed by atoms with Crippen LogP contribution in [-0.4, -0.2) is 42.5 Å². The topological polar surface area (TPSA) is 58.4 Å². The van der Waals surface area contributed by atoms with Gasteiger partial charge in [-0.3, -0.25) is 4.79 Å². The van der Waals surface area contributed by atoms with Crippen molar-refractivity contribution in [2.75, 3.05) is 19.6 Å². The highest BCUT2D eigenvalue weighted by Gasteiger charge is 2.21. The summed E-state index contributed by atoms with van der Waals surface area (Å²) in [6.45, 7) is 7.28. The van der Waals surface area contributed by atoms with Crippen LogP contribution in [0.4, 0.5) is 0 Å². The van der Waals surface area contributed by atoms with Crippen LogP contribution in [0.5, 0.6) is 0 Å². The number of likely N-dealkylation sites (N-methyl/N-ethyl adjacent to an activating group) is 1. The van der Waals surface area contributed by atoms with E-state index < -0.39 is 0 Å². The second kappa shape index (κ2) is 6.08. The molecule has 0 radical (unpaired) electrons. The fraction of sp³-hybridized carbons (Fsp3) is 0.909. The Hall–Kier alpha value is -0.610. The number of likely N-dealkylation sites (tertiary alicyclic amines) is 1. The summed E-state index contributed by atoms with van der Waals surface area (Å²) in [6.07, 6.45) is 2.95. The smallest absolute Gasteiger partial charge is 0.237 e. The largest absolute Gasteiger partial charge is 0.351 e. The molecule has 0 aliphatic carbocycles. The Morgan fingerprint density at radius 2 is 2.33 bits per heavy atom. The van der Waals surface area contributed by atoms with Crippen molar-refractivity contribution < 1.29 is 4.79 Å². The van der Waals surface area contributed by atoms with Crippen LogP contribution in [0.1, 0.15) is 33.1 Å². The van der Waals surface area contributed by atoms with Crippen LogP contribution in [0.3, 0.4) is 0 Å². The molecule has 1 fully saturated rings. The molecule has 1 aliphatic heterocycles. The molecule has 0 saturated carbocycles. The number of nitrogens with zero attached hydrogens (tertiary/aromatic N) is 1. The predicted molar refractivity (Wildman–Crippen MR) is 61.5 cm³/mol. The molecule has 0 aromatic rings. The highest BCUT2D eigenvalue weighted by molar-refractivity contribution is 5.81. The summed E-state index contributed by atoms with van der Waals surface area (Å²) in [5, 5.41) is 3.03. The molecule has 1 saturated heterocycles. The lowest BCUT2D eigenvalue weighted by Gasteiger charge is -2.32. The van der Waals surface area contributed by atoms with Crippen molar-refractivity contribution in [3.63, 3.8) is 0 Å². The molecule has 1 heterocycles. The third-order valence-electron chi connectivity index (χ3n) is 3.08. The Kier molecular flexibility index (Phi) is 5.05. The van der Waals surface area contributed by atoms with E-state index in [0.29, 0.717) is 12.5 Å². The van der Waals surface area contributed by atoms with Gasteiger partial charge in [0.05, 0.1) is 6.04 Å². The van der Waals surface area contributed by atoms with Gasteiger partial charge in [-0.15, -0.1) is 0 Å². The number of carbonyl (C=O) groups excluding carboxylic acids is 1. The number of piperidine rings is 1. The minimum atomic E-state index is -0.345. The predicted octanol–water partition coefficient (Wildman–Crippen LogP) is 0.324. The van der Waals surface area contributed by atoms with Crippen LogP contribution < -0.4 is 11.1 Å². The second-order valence-electron chi connectivity index (χ2n) is 4.26. The van der Waals surface area contributed by atoms with Gasteiger partial charge in [-0.05, 0) is 32.4 Å². The van der Waals surface area contributed by atoms with Gasteiger partial charge in [-0.1, -0.05) is 13.8 Å². The summed E-state index contributed by atoms with van der Waals surface area (Å²) >= 11 is 0. The highest BCUT2D eigenvalue weighted by Crippen LogP contribution is 2.09. The number of rotatable bonds is 4. The first kappa shape index (κ1) is 12.5. The average Bonchev–Trinajstić information content (AvgIpc) is 2.28. The van der Waals surface area contributed by atoms with Gasteiger partial charge < -0.3 is 16.0 Å². The Balaban J connectivity index is 2.34. The molecule has 1 aliphatic rings. The lowest BCUT2D eigenvalue weighted by molar-refractivity contribution is -0.123.